The van der Waals surface area contributed by atoms with E-state index in [1.807, 2.05) is 13.0 Å². The molecule has 0 unspecified atom stereocenters. The number of carboxylic acids is 1. The monoisotopic (exact) mass is 298 g/mol. The van der Waals surface area contributed by atoms with Gasteiger partial charge in [0.05, 0.1) is 4.90 Å². The summed E-state index contributed by atoms with van der Waals surface area (Å²) in [5, 5.41) is 11.8. The van der Waals surface area contributed by atoms with E-state index in [4.69, 9.17) is 5.11 Å². The lowest BCUT2D eigenvalue weighted by Crippen LogP contribution is -2.55. The Morgan fingerprint density at radius 2 is 2.10 bits per heavy atom. The Hall–Kier alpha value is -1.44. The first-order valence-electron chi connectivity index (χ1n) is 6.36. The van der Waals surface area contributed by atoms with Crippen molar-refractivity contribution in [3.63, 3.8) is 0 Å². The van der Waals surface area contributed by atoms with E-state index in [0.717, 1.165) is 5.56 Å². The second-order valence-electron chi connectivity index (χ2n) is 4.98. The molecule has 20 heavy (non-hydrogen) atoms. The number of sulfonamides is 1. The van der Waals surface area contributed by atoms with Crippen LogP contribution in [0.1, 0.15) is 11.1 Å². The van der Waals surface area contributed by atoms with Crippen LogP contribution in [0.25, 0.3) is 0 Å². The van der Waals surface area contributed by atoms with Gasteiger partial charge in [-0.2, -0.15) is 4.31 Å². The fourth-order valence-electron chi connectivity index (χ4n) is 2.33. The van der Waals surface area contributed by atoms with Crippen LogP contribution >= 0.6 is 0 Å². The number of aliphatic carboxylic acids is 1. The van der Waals surface area contributed by atoms with Crippen LogP contribution in [0.3, 0.4) is 0 Å². The number of nitrogens with zero attached hydrogens (tertiary/aromatic N) is 1. The molecule has 6 nitrogen and oxygen atoms in total. The van der Waals surface area contributed by atoms with Gasteiger partial charge in [-0.1, -0.05) is 17.7 Å². The number of hydrogen-bond donors (Lipinski definition) is 2. The predicted molar refractivity (Wildman–Crippen MR) is 74.1 cm³/mol. The number of benzene rings is 1. The molecule has 1 aliphatic rings. The fourth-order valence-corrected chi connectivity index (χ4v) is 4.00. The van der Waals surface area contributed by atoms with Crippen LogP contribution in [0.4, 0.5) is 0 Å². The third-order valence-corrected chi connectivity index (χ3v) is 5.41. The van der Waals surface area contributed by atoms with Gasteiger partial charge in [0.1, 0.15) is 6.04 Å². The highest BCUT2D eigenvalue weighted by atomic mass is 32.2. The largest absolute Gasteiger partial charge is 0.480 e. The zero-order valence-electron chi connectivity index (χ0n) is 11.5. The smallest absolute Gasteiger partial charge is 0.322 e. The van der Waals surface area contributed by atoms with Crippen LogP contribution in [-0.4, -0.2) is 49.5 Å². The summed E-state index contributed by atoms with van der Waals surface area (Å²) >= 11 is 0. The van der Waals surface area contributed by atoms with Crippen molar-refractivity contribution in [3.8, 4) is 0 Å². The number of rotatable bonds is 3. The van der Waals surface area contributed by atoms with Crippen molar-refractivity contribution in [2.75, 3.05) is 19.6 Å². The Bertz CT molecular complexity index is 627. The highest BCUT2D eigenvalue weighted by Gasteiger charge is 2.33. The van der Waals surface area contributed by atoms with Gasteiger partial charge in [-0.3, -0.25) is 4.79 Å². The first-order chi connectivity index (χ1) is 9.32. The lowest BCUT2D eigenvalue weighted by atomic mass is 10.2. The van der Waals surface area contributed by atoms with Crippen LogP contribution in [0, 0.1) is 13.8 Å². The predicted octanol–water partition coefficient (Wildman–Crippen LogP) is 0.351. The zero-order valence-corrected chi connectivity index (χ0v) is 12.3. The lowest BCUT2D eigenvalue weighted by Gasteiger charge is -2.31. The van der Waals surface area contributed by atoms with E-state index < -0.39 is 22.0 Å². The Kier molecular flexibility index (Phi) is 4.12. The summed E-state index contributed by atoms with van der Waals surface area (Å²) in [4.78, 5) is 11.2. The summed E-state index contributed by atoms with van der Waals surface area (Å²) in [6.07, 6.45) is 0. The van der Waals surface area contributed by atoms with Crippen molar-refractivity contribution in [3.05, 3.63) is 29.3 Å². The van der Waals surface area contributed by atoms with Gasteiger partial charge >= 0.3 is 5.97 Å². The first-order valence-corrected chi connectivity index (χ1v) is 7.80. The van der Waals surface area contributed by atoms with E-state index in [0.29, 0.717) is 12.1 Å². The highest BCUT2D eigenvalue weighted by Crippen LogP contribution is 2.21. The topological polar surface area (TPSA) is 86.7 Å². The van der Waals surface area contributed by atoms with Crippen LogP contribution in [0.15, 0.2) is 23.1 Å². The van der Waals surface area contributed by atoms with E-state index in [-0.39, 0.29) is 18.0 Å². The minimum atomic E-state index is -3.65. The van der Waals surface area contributed by atoms with Crippen molar-refractivity contribution in [1.29, 1.82) is 0 Å². The molecule has 7 heteroatoms. The number of carboxylic acid groups (broad SMARTS) is 1. The van der Waals surface area contributed by atoms with E-state index in [1.165, 1.54) is 4.31 Å². The molecule has 0 bridgehead atoms. The summed E-state index contributed by atoms with van der Waals surface area (Å²) in [5.41, 5.74) is 1.67. The Labute approximate surface area is 118 Å². The van der Waals surface area contributed by atoms with Crippen molar-refractivity contribution >= 4 is 16.0 Å². The second kappa shape index (κ2) is 5.51. The van der Waals surface area contributed by atoms with Gasteiger partial charge in [0.15, 0.2) is 0 Å². The second-order valence-corrected chi connectivity index (χ2v) is 6.88. The number of aryl methyl sites for hydroxylation is 2. The van der Waals surface area contributed by atoms with Crippen molar-refractivity contribution < 1.29 is 18.3 Å². The molecule has 1 fully saturated rings. The lowest BCUT2D eigenvalue weighted by molar-refractivity contribution is -0.140. The van der Waals surface area contributed by atoms with Gasteiger partial charge in [-0.15, -0.1) is 0 Å². The molecule has 0 aromatic heterocycles. The SMILES string of the molecule is Cc1ccc(S(=O)(=O)N2CCN[C@H](C(=O)O)C2)c(C)c1. The molecule has 0 saturated carbocycles. The standard InChI is InChI=1S/C13H18N2O4S/c1-9-3-4-12(10(2)7-9)20(18,19)15-6-5-14-11(8-15)13(16)17/h3-4,7,11,14H,5-6,8H2,1-2H3,(H,16,17)/t11-/m0/s1. The quantitative estimate of drug-likeness (QED) is 0.841. The molecule has 110 valence electrons. The highest BCUT2D eigenvalue weighted by molar-refractivity contribution is 7.89. The molecule has 0 radical (unpaired) electrons. The summed E-state index contributed by atoms with van der Waals surface area (Å²) in [7, 11) is -3.65. The molecular weight excluding hydrogens is 280 g/mol. The van der Waals surface area contributed by atoms with E-state index in [1.54, 1.807) is 19.1 Å². The Balaban J connectivity index is 2.32. The molecule has 0 amide bonds. The maximum absolute atomic E-state index is 12.6. The number of piperazine rings is 1. The molecule has 0 aliphatic carbocycles. The molecule has 1 aromatic carbocycles. The summed E-state index contributed by atoms with van der Waals surface area (Å²) in [6.45, 7) is 4.21. The van der Waals surface area contributed by atoms with Crippen LogP contribution in [-0.2, 0) is 14.8 Å². The van der Waals surface area contributed by atoms with Gasteiger partial charge in [-0.05, 0) is 25.5 Å². The first kappa shape index (κ1) is 15.0. The number of hydrogen-bond acceptors (Lipinski definition) is 4. The molecule has 2 N–H and O–H groups in total. The minimum Gasteiger partial charge on any atom is -0.480 e. The average Bonchev–Trinajstić information content (AvgIpc) is 2.38. The normalized spacial score (nSPS) is 20.8. The number of carbonyl (C=O) groups is 1. The molecule has 1 saturated heterocycles. The molecule has 1 aromatic rings. The zero-order chi connectivity index (χ0) is 14.9. The minimum absolute atomic E-state index is 0.0506. The van der Waals surface area contributed by atoms with Crippen LogP contribution < -0.4 is 5.32 Å². The van der Waals surface area contributed by atoms with Crippen molar-refractivity contribution in [2.24, 2.45) is 0 Å². The van der Waals surface area contributed by atoms with Gasteiger partial charge in [-0.25, -0.2) is 8.42 Å². The third kappa shape index (κ3) is 2.84. The van der Waals surface area contributed by atoms with Gasteiger partial charge in [0.2, 0.25) is 10.0 Å². The summed E-state index contributed by atoms with van der Waals surface area (Å²) in [5.74, 6) is -1.04. The molecule has 1 atom stereocenters. The maximum atomic E-state index is 12.6. The Morgan fingerprint density at radius 3 is 2.70 bits per heavy atom. The fraction of sp³-hybridized carbons (Fsp3) is 0.462. The molecule has 2 rings (SSSR count). The number of nitrogens with one attached hydrogen (secondary N) is 1. The third-order valence-electron chi connectivity index (χ3n) is 3.38. The molecule has 1 aliphatic heterocycles. The van der Waals surface area contributed by atoms with E-state index in [2.05, 4.69) is 5.32 Å². The van der Waals surface area contributed by atoms with Gasteiger partial charge in [0, 0.05) is 19.6 Å². The maximum Gasteiger partial charge on any atom is 0.322 e. The van der Waals surface area contributed by atoms with E-state index in [9.17, 15) is 13.2 Å². The van der Waals surface area contributed by atoms with Crippen LogP contribution in [0.2, 0.25) is 0 Å². The average molecular weight is 298 g/mol. The van der Waals surface area contributed by atoms with Crippen molar-refractivity contribution in [1.82, 2.24) is 9.62 Å². The Morgan fingerprint density at radius 1 is 1.40 bits per heavy atom. The molecule has 1 heterocycles. The summed E-state index contributed by atoms with van der Waals surface area (Å²) in [6, 6.07) is 4.28. The molecule has 0 spiro atoms. The summed E-state index contributed by atoms with van der Waals surface area (Å²) < 4.78 is 26.4. The van der Waals surface area contributed by atoms with Gasteiger partial charge in [0.25, 0.3) is 0 Å². The van der Waals surface area contributed by atoms with Crippen molar-refractivity contribution in [2.45, 2.75) is 24.8 Å². The molecular formula is C13H18N2O4S. The van der Waals surface area contributed by atoms with E-state index >= 15 is 0 Å². The van der Waals surface area contributed by atoms with Gasteiger partial charge < -0.3 is 10.4 Å². The van der Waals surface area contributed by atoms with Crippen LogP contribution in [0.5, 0.6) is 0 Å².